The number of rotatable bonds is 5. The van der Waals surface area contributed by atoms with Gasteiger partial charge in [-0.1, -0.05) is 24.0 Å². The molecule has 0 bridgehead atoms. The number of allylic oxidation sites excluding steroid dienone is 4. The highest BCUT2D eigenvalue weighted by atomic mass is 16.5. The summed E-state index contributed by atoms with van der Waals surface area (Å²) in [5.41, 5.74) is 1.03. The summed E-state index contributed by atoms with van der Waals surface area (Å²) in [5.74, 6) is 6.91. The van der Waals surface area contributed by atoms with E-state index in [4.69, 9.17) is 14.2 Å². The van der Waals surface area contributed by atoms with Crippen molar-refractivity contribution in [3.8, 4) is 11.8 Å². The highest BCUT2D eigenvalue weighted by Crippen LogP contribution is 2.30. The van der Waals surface area contributed by atoms with Gasteiger partial charge in [-0.2, -0.15) is 0 Å². The molecular weight excluding hydrogens is 326 g/mol. The zero-order chi connectivity index (χ0) is 18.6. The lowest BCUT2D eigenvalue weighted by Crippen LogP contribution is -2.43. The molecule has 1 saturated heterocycles. The molecule has 0 aromatic carbocycles. The lowest BCUT2D eigenvalue weighted by molar-refractivity contribution is -0.125. The van der Waals surface area contributed by atoms with Gasteiger partial charge in [-0.15, -0.1) is 0 Å². The molecule has 0 aromatic heterocycles. The molecule has 1 saturated carbocycles. The van der Waals surface area contributed by atoms with E-state index < -0.39 is 0 Å². The minimum Gasteiger partial charge on any atom is -0.381 e. The van der Waals surface area contributed by atoms with Crippen molar-refractivity contribution < 1.29 is 14.2 Å². The minimum atomic E-state index is -0.381. The second kappa shape index (κ2) is 8.61. The van der Waals surface area contributed by atoms with Crippen LogP contribution in [0.5, 0.6) is 0 Å². The van der Waals surface area contributed by atoms with Crippen molar-refractivity contribution in [3.05, 3.63) is 23.9 Å². The van der Waals surface area contributed by atoms with Gasteiger partial charge in [0.2, 0.25) is 0 Å². The predicted molar refractivity (Wildman–Crippen MR) is 104 cm³/mol. The van der Waals surface area contributed by atoms with E-state index in [0.717, 1.165) is 45.2 Å². The first kappa shape index (κ1) is 19.5. The van der Waals surface area contributed by atoms with E-state index in [9.17, 15) is 0 Å². The molecule has 144 valence electrons. The van der Waals surface area contributed by atoms with Crippen LogP contribution in [0.4, 0.5) is 0 Å². The average Bonchev–Trinajstić information content (AvgIpc) is 2.63. The second-order valence-electron chi connectivity index (χ2n) is 8.11. The molecule has 1 aliphatic heterocycles. The predicted octanol–water partition coefficient (Wildman–Crippen LogP) is 3.53. The zero-order valence-corrected chi connectivity index (χ0v) is 16.7. The van der Waals surface area contributed by atoms with Gasteiger partial charge < -0.3 is 19.1 Å². The van der Waals surface area contributed by atoms with Gasteiger partial charge in [0.15, 0.2) is 0 Å². The molecular formula is C22H33NO3. The van der Waals surface area contributed by atoms with Gasteiger partial charge >= 0.3 is 0 Å². The van der Waals surface area contributed by atoms with Gasteiger partial charge in [-0.25, -0.2) is 0 Å². The minimum absolute atomic E-state index is 0.277. The zero-order valence-electron chi connectivity index (χ0n) is 16.7. The molecule has 1 atom stereocenters. The summed E-state index contributed by atoms with van der Waals surface area (Å²) in [6.07, 6.45) is 13.2. The molecule has 4 heteroatoms. The quantitative estimate of drug-likeness (QED) is 0.703. The Labute approximate surface area is 158 Å². The van der Waals surface area contributed by atoms with Gasteiger partial charge in [0.25, 0.3) is 0 Å². The normalized spacial score (nSPS) is 29.6. The molecule has 0 aromatic rings. The van der Waals surface area contributed by atoms with Crippen molar-refractivity contribution in [2.45, 2.75) is 69.9 Å². The number of piperidine rings is 1. The Morgan fingerprint density at radius 3 is 2.46 bits per heavy atom. The van der Waals surface area contributed by atoms with Crippen LogP contribution in [0, 0.1) is 17.8 Å². The summed E-state index contributed by atoms with van der Waals surface area (Å²) < 4.78 is 17.0. The van der Waals surface area contributed by atoms with E-state index in [1.54, 1.807) is 14.2 Å². The van der Waals surface area contributed by atoms with Crippen LogP contribution in [0.15, 0.2) is 23.9 Å². The Morgan fingerprint density at radius 2 is 1.81 bits per heavy atom. The van der Waals surface area contributed by atoms with Gasteiger partial charge in [0.1, 0.15) is 5.60 Å². The first-order chi connectivity index (χ1) is 12.5. The van der Waals surface area contributed by atoms with Crippen molar-refractivity contribution in [1.82, 2.24) is 4.90 Å². The fourth-order valence-electron chi connectivity index (χ4n) is 3.69. The smallest absolute Gasteiger partial charge is 0.122 e. The average molecular weight is 360 g/mol. The lowest BCUT2D eigenvalue weighted by Gasteiger charge is -2.40. The Balaban J connectivity index is 1.44. The number of nitrogens with zero attached hydrogens (tertiary/aromatic N) is 1. The SMILES string of the molecule is COC1CC(OC2CCN(C3=CC=CC(C#CC(C)(C)OC)C3)CC2)C1. The Hall–Kier alpha value is -1.28. The second-order valence-corrected chi connectivity index (χ2v) is 8.11. The lowest BCUT2D eigenvalue weighted by atomic mass is 9.91. The standard InChI is InChI=1S/C22H33NO3/c1-22(2,25-4)11-8-17-6-5-7-18(14-17)23-12-9-19(10-13-23)26-21-15-20(16-21)24-3/h5-7,17,19-21H,9-10,12-16H2,1-4H3. The number of methoxy groups -OCH3 is 2. The molecule has 3 rings (SSSR count). The van der Waals surface area contributed by atoms with Crippen LogP contribution in [-0.2, 0) is 14.2 Å². The van der Waals surface area contributed by atoms with Crippen molar-refractivity contribution in [2.75, 3.05) is 27.3 Å². The van der Waals surface area contributed by atoms with E-state index in [1.165, 1.54) is 5.70 Å². The first-order valence-electron chi connectivity index (χ1n) is 9.87. The monoisotopic (exact) mass is 359 g/mol. The van der Waals surface area contributed by atoms with E-state index >= 15 is 0 Å². The topological polar surface area (TPSA) is 30.9 Å². The van der Waals surface area contributed by atoms with Crippen LogP contribution < -0.4 is 0 Å². The highest BCUT2D eigenvalue weighted by molar-refractivity contribution is 5.27. The van der Waals surface area contributed by atoms with Crippen LogP contribution in [0.1, 0.15) is 46.0 Å². The maximum atomic E-state index is 6.23. The van der Waals surface area contributed by atoms with Crippen LogP contribution >= 0.6 is 0 Å². The van der Waals surface area contributed by atoms with E-state index in [-0.39, 0.29) is 11.5 Å². The van der Waals surface area contributed by atoms with Crippen LogP contribution in [-0.4, -0.2) is 56.1 Å². The van der Waals surface area contributed by atoms with Crippen LogP contribution in [0.3, 0.4) is 0 Å². The van der Waals surface area contributed by atoms with E-state index in [2.05, 4.69) is 35.0 Å². The largest absolute Gasteiger partial charge is 0.381 e. The summed E-state index contributed by atoms with van der Waals surface area (Å²) in [5, 5.41) is 0. The summed E-state index contributed by atoms with van der Waals surface area (Å²) in [7, 11) is 3.50. The van der Waals surface area contributed by atoms with Crippen LogP contribution in [0.2, 0.25) is 0 Å². The molecule has 3 aliphatic rings. The third-order valence-electron chi connectivity index (χ3n) is 5.75. The summed E-state index contributed by atoms with van der Waals surface area (Å²) in [6.45, 7) is 6.17. The maximum absolute atomic E-state index is 6.23. The molecule has 26 heavy (non-hydrogen) atoms. The third-order valence-corrected chi connectivity index (χ3v) is 5.75. The molecule has 2 aliphatic carbocycles. The van der Waals surface area contributed by atoms with Crippen molar-refractivity contribution in [1.29, 1.82) is 0 Å². The fraction of sp³-hybridized carbons (Fsp3) is 0.727. The number of hydrogen-bond donors (Lipinski definition) is 0. The molecule has 0 radical (unpaired) electrons. The molecule has 0 spiro atoms. The van der Waals surface area contributed by atoms with E-state index in [1.807, 2.05) is 13.8 Å². The highest BCUT2D eigenvalue weighted by Gasteiger charge is 2.33. The summed E-state index contributed by atoms with van der Waals surface area (Å²) in [4.78, 5) is 2.51. The molecule has 0 N–H and O–H groups in total. The van der Waals surface area contributed by atoms with Crippen molar-refractivity contribution in [2.24, 2.45) is 5.92 Å². The van der Waals surface area contributed by atoms with Crippen molar-refractivity contribution >= 4 is 0 Å². The Kier molecular flexibility index (Phi) is 6.45. The molecule has 1 heterocycles. The van der Waals surface area contributed by atoms with Crippen LogP contribution in [0.25, 0.3) is 0 Å². The number of likely N-dealkylation sites (tertiary alicyclic amines) is 1. The molecule has 1 unspecified atom stereocenters. The molecule has 4 nitrogen and oxygen atoms in total. The van der Waals surface area contributed by atoms with Gasteiger partial charge in [0.05, 0.1) is 18.3 Å². The fourth-order valence-corrected chi connectivity index (χ4v) is 3.69. The summed E-state index contributed by atoms with van der Waals surface area (Å²) in [6, 6.07) is 0. The number of hydrogen-bond acceptors (Lipinski definition) is 4. The van der Waals surface area contributed by atoms with Gasteiger partial charge in [0, 0.05) is 45.3 Å². The van der Waals surface area contributed by atoms with Crippen molar-refractivity contribution in [3.63, 3.8) is 0 Å². The van der Waals surface area contributed by atoms with Gasteiger partial charge in [-0.05, 0) is 45.6 Å². The van der Waals surface area contributed by atoms with E-state index in [0.29, 0.717) is 18.3 Å². The third kappa shape index (κ3) is 5.13. The summed E-state index contributed by atoms with van der Waals surface area (Å²) >= 11 is 0. The maximum Gasteiger partial charge on any atom is 0.122 e. The van der Waals surface area contributed by atoms with Gasteiger partial charge in [-0.3, -0.25) is 0 Å². The Bertz CT molecular complexity index is 584. The molecule has 0 amide bonds. The first-order valence-corrected chi connectivity index (χ1v) is 9.87. The number of ether oxygens (including phenoxy) is 3. The Morgan fingerprint density at radius 1 is 1.08 bits per heavy atom. The molecule has 2 fully saturated rings.